The van der Waals surface area contributed by atoms with Crippen molar-refractivity contribution in [3.63, 3.8) is 0 Å². The third-order valence-electron chi connectivity index (χ3n) is 7.45. The van der Waals surface area contributed by atoms with Crippen LogP contribution in [0.4, 0.5) is 23.5 Å². The number of ether oxygens (including phenoxy) is 4. The van der Waals surface area contributed by atoms with Gasteiger partial charge in [0.1, 0.15) is 5.75 Å². The molecule has 8 N–H and O–H groups in total. The molecule has 0 aliphatic rings. The summed E-state index contributed by atoms with van der Waals surface area (Å²) in [5.41, 5.74) is 9.61. The number of hydrogen-bond donors (Lipinski definition) is 7. The molecule has 0 atom stereocenters. The normalized spacial score (nSPS) is 10.5. The number of nitrogens with zero attached hydrogens (tertiary/aromatic N) is 3. The van der Waals surface area contributed by atoms with Crippen LogP contribution in [0.5, 0.6) is 5.75 Å². The van der Waals surface area contributed by atoms with E-state index < -0.39 is 0 Å². The molecule has 298 valence electrons. The van der Waals surface area contributed by atoms with E-state index in [-0.39, 0.29) is 11.7 Å². The quantitative estimate of drug-likeness (QED) is 0.0422. The highest BCUT2D eigenvalue weighted by Crippen LogP contribution is 2.19. The zero-order valence-corrected chi connectivity index (χ0v) is 32.0. The summed E-state index contributed by atoms with van der Waals surface area (Å²) in [5, 5.41) is 25.4. The number of aromatic hydroxyl groups is 1. The lowest BCUT2D eigenvalue weighted by molar-refractivity contribution is 0.0519. The molecule has 1 aromatic heterocycles. The van der Waals surface area contributed by atoms with E-state index >= 15 is 0 Å². The Balaban J connectivity index is 0.00000399. The Labute approximate surface area is 324 Å². The summed E-state index contributed by atoms with van der Waals surface area (Å²) in [6.07, 6.45) is 0.710. The van der Waals surface area contributed by atoms with Crippen molar-refractivity contribution in [3.8, 4) is 5.75 Å². The van der Waals surface area contributed by atoms with Crippen LogP contribution in [-0.2, 0) is 25.4 Å². The summed E-state index contributed by atoms with van der Waals surface area (Å²) in [4.78, 5) is 25.8. The first-order valence-electron chi connectivity index (χ1n) is 18.7. The van der Waals surface area contributed by atoms with Gasteiger partial charge < -0.3 is 56.4 Å². The van der Waals surface area contributed by atoms with Crippen molar-refractivity contribution in [1.82, 2.24) is 25.6 Å². The lowest BCUT2D eigenvalue weighted by Crippen LogP contribution is -2.27. The minimum absolute atomic E-state index is 0.129. The fourth-order valence-electron chi connectivity index (χ4n) is 4.72. The molecule has 4 aromatic rings. The van der Waals surface area contributed by atoms with Crippen LogP contribution >= 0.6 is 0 Å². The molecule has 0 spiro atoms. The van der Waals surface area contributed by atoms with Crippen molar-refractivity contribution < 1.29 is 28.8 Å². The molecule has 4 rings (SSSR count). The van der Waals surface area contributed by atoms with Gasteiger partial charge in [-0.05, 0) is 53.9 Å². The predicted molar refractivity (Wildman–Crippen MR) is 218 cm³/mol. The predicted octanol–water partition coefficient (Wildman–Crippen LogP) is 4.43. The molecule has 0 saturated heterocycles. The molecule has 55 heavy (non-hydrogen) atoms. The topological polar surface area (TPSA) is 199 Å². The second-order valence-corrected chi connectivity index (χ2v) is 11.5. The maximum Gasteiger partial charge on any atom is 0.251 e. The molecule has 15 heteroatoms. The number of carbonyl (C=O) groups excluding carboxylic acids is 1. The number of phenols is 1. The number of aromatic nitrogens is 3. The second-order valence-electron chi connectivity index (χ2n) is 11.5. The van der Waals surface area contributed by atoms with Gasteiger partial charge in [-0.1, -0.05) is 62.9 Å². The highest BCUT2D eigenvalue weighted by Gasteiger charge is 2.09. The van der Waals surface area contributed by atoms with Crippen molar-refractivity contribution >= 4 is 35.1 Å². The highest BCUT2D eigenvalue weighted by atomic mass is 16.5. The fourth-order valence-corrected chi connectivity index (χ4v) is 4.72. The van der Waals surface area contributed by atoms with E-state index in [4.69, 9.17) is 24.7 Å². The first kappa shape index (κ1) is 44.1. The monoisotopic (exact) mass is 759 g/mol. The maximum atomic E-state index is 12.1. The zero-order valence-electron chi connectivity index (χ0n) is 32.0. The van der Waals surface area contributed by atoms with Crippen LogP contribution in [0.2, 0.25) is 0 Å². The summed E-state index contributed by atoms with van der Waals surface area (Å²) in [5.74, 6) is 1.24. The number of rotatable bonds is 27. The second kappa shape index (κ2) is 27.3. The molecule has 3 aromatic carbocycles. The van der Waals surface area contributed by atoms with E-state index in [1.165, 1.54) is 0 Å². The largest absolute Gasteiger partial charge is 0.508 e. The molecular weight excluding hydrogens is 702 g/mol. The van der Waals surface area contributed by atoms with Crippen LogP contribution < -0.4 is 32.3 Å². The Bertz CT molecular complexity index is 1630. The number of carbonyl (C=O) groups is 1. The van der Waals surface area contributed by atoms with Gasteiger partial charge in [0.15, 0.2) is 0 Å². The molecule has 0 unspecified atom stereocenters. The zero-order chi connectivity index (χ0) is 39.4. The van der Waals surface area contributed by atoms with Gasteiger partial charge in [0.25, 0.3) is 5.91 Å². The van der Waals surface area contributed by atoms with Crippen LogP contribution in [0, 0.1) is 0 Å². The van der Waals surface area contributed by atoms with E-state index in [0.29, 0.717) is 115 Å². The number of nitrogens with one attached hydrogen (secondary N) is 5. The molecule has 1 amide bonds. The lowest BCUT2D eigenvalue weighted by Gasteiger charge is -2.13. The van der Waals surface area contributed by atoms with Crippen LogP contribution in [-0.4, -0.2) is 112 Å². The number of nitrogens with two attached hydrogens (primary N) is 1. The van der Waals surface area contributed by atoms with E-state index in [0.717, 1.165) is 22.5 Å². The first-order valence-corrected chi connectivity index (χ1v) is 18.7. The van der Waals surface area contributed by atoms with Gasteiger partial charge in [-0.25, -0.2) is 0 Å². The number of amides is 1. The SMILES string of the molecule is C=C(NCCOCCOCCN)c1ccc(Nc2nc(NCCOCCOCCNC(=O)c3ccccc3)nc(NCCc3ccc(O)cc3)n2)cc1.CC. The summed E-state index contributed by atoms with van der Waals surface area (Å²) >= 11 is 0. The molecule has 0 aliphatic heterocycles. The number of phenolic OH excluding ortho intramolecular Hbond substituents is 1. The average Bonchev–Trinajstić information content (AvgIpc) is 3.21. The van der Waals surface area contributed by atoms with E-state index in [9.17, 15) is 9.90 Å². The Kier molecular flexibility index (Phi) is 21.9. The molecule has 0 aliphatic carbocycles. The Hall–Kier alpha value is -5.32. The van der Waals surface area contributed by atoms with Crippen molar-refractivity contribution in [2.75, 3.05) is 102 Å². The van der Waals surface area contributed by atoms with Crippen molar-refractivity contribution in [3.05, 3.63) is 102 Å². The third-order valence-corrected chi connectivity index (χ3v) is 7.45. The summed E-state index contributed by atoms with van der Waals surface area (Å²) in [6, 6.07) is 23.9. The van der Waals surface area contributed by atoms with E-state index in [1.54, 1.807) is 24.3 Å². The smallest absolute Gasteiger partial charge is 0.251 e. The number of anilines is 4. The Morgan fingerprint density at radius 2 is 1.18 bits per heavy atom. The van der Waals surface area contributed by atoms with Gasteiger partial charge in [0.2, 0.25) is 17.8 Å². The van der Waals surface area contributed by atoms with Gasteiger partial charge in [0, 0.05) is 49.7 Å². The molecule has 0 bridgehead atoms. The van der Waals surface area contributed by atoms with E-state index in [1.807, 2.05) is 68.4 Å². The Morgan fingerprint density at radius 3 is 1.80 bits per heavy atom. The maximum absolute atomic E-state index is 12.1. The third kappa shape index (κ3) is 18.5. The average molecular weight is 760 g/mol. The molecular formula is C40H57N9O6. The first-order chi connectivity index (χ1) is 27.0. The van der Waals surface area contributed by atoms with Crippen molar-refractivity contribution in [1.29, 1.82) is 0 Å². The van der Waals surface area contributed by atoms with Crippen LogP contribution in [0.25, 0.3) is 5.70 Å². The molecule has 0 saturated carbocycles. The van der Waals surface area contributed by atoms with Crippen molar-refractivity contribution in [2.45, 2.75) is 20.3 Å². The minimum Gasteiger partial charge on any atom is -0.508 e. The highest BCUT2D eigenvalue weighted by molar-refractivity contribution is 5.94. The fraction of sp³-hybridized carbons (Fsp3) is 0.400. The molecule has 15 nitrogen and oxygen atoms in total. The van der Waals surface area contributed by atoms with Crippen LogP contribution in [0.1, 0.15) is 35.3 Å². The van der Waals surface area contributed by atoms with Gasteiger partial charge in [-0.2, -0.15) is 15.0 Å². The standard InChI is InChI=1S/C38H51N9O6.C2H6/c1-29(40-18-22-51-26-25-50-21-16-39)31-9-11-33(12-10-31)44-38-46-36(42-17-15-30-7-13-34(48)14-8-30)45-37(47-38)43-20-24-53-28-27-52-23-19-41-35(49)32-5-3-2-4-6-32;1-2/h2-14,40,48H,1,15-28,39H2,(H,41,49)(H3,42,43,44,45,46,47);1-2H3. The van der Waals surface area contributed by atoms with Crippen molar-refractivity contribution in [2.24, 2.45) is 5.73 Å². The molecule has 1 heterocycles. The van der Waals surface area contributed by atoms with Gasteiger partial charge in [-0.3, -0.25) is 4.79 Å². The number of benzene rings is 3. The summed E-state index contributed by atoms with van der Waals surface area (Å²) in [6.45, 7) is 14.4. The summed E-state index contributed by atoms with van der Waals surface area (Å²) in [7, 11) is 0. The lowest BCUT2D eigenvalue weighted by atomic mass is 10.1. The van der Waals surface area contributed by atoms with Gasteiger partial charge >= 0.3 is 0 Å². The van der Waals surface area contributed by atoms with Crippen LogP contribution in [0.15, 0.2) is 85.4 Å². The molecule has 0 fully saturated rings. The van der Waals surface area contributed by atoms with E-state index in [2.05, 4.69) is 48.1 Å². The summed E-state index contributed by atoms with van der Waals surface area (Å²) < 4.78 is 22.1. The number of hydrogen-bond acceptors (Lipinski definition) is 14. The van der Waals surface area contributed by atoms with Gasteiger partial charge in [-0.15, -0.1) is 0 Å². The molecule has 0 radical (unpaired) electrons. The van der Waals surface area contributed by atoms with Gasteiger partial charge in [0.05, 0.1) is 52.9 Å². The van der Waals surface area contributed by atoms with Crippen LogP contribution in [0.3, 0.4) is 0 Å². The Morgan fingerprint density at radius 1 is 0.636 bits per heavy atom. The minimum atomic E-state index is -0.129.